The topological polar surface area (TPSA) is 133 Å². The number of fused-ring (bicyclic) bond motifs is 2. The van der Waals surface area contributed by atoms with Gasteiger partial charge in [0.2, 0.25) is 0 Å². The zero-order valence-electron chi connectivity index (χ0n) is 26.6. The van der Waals surface area contributed by atoms with Crippen molar-refractivity contribution in [2.45, 2.75) is 26.7 Å². The first kappa shape index (κ1) is 31.9. The average Bonchev–Trinajstić information content (AvgIpc) is 3.05. The van der Waals surface area contributed by atoms with E-state index in [1.54, 1.807) is 36.4 Å². The van der Waals surface area contributed by atoms with Crippen LogP contribution in [0.1, 0.15) is 53.3 Å². The molecule has 0 aliphatic carbocycles. The molecule has 0 atom stereocenters. The molecule has 0 aliphatic rings. The Morgan fingerprint density at radius 2 is 1.17 bits per heavy atom. The number of benzene rings is 6. The molecule has 0 heterocycles. The second kappa shape index (κ2) is 13.4. The molecule has 0 radical (unpaired) electrons. The Hall–Kier alpha value is -6.02. The molecule has 0 saturated heterocycles. The summed E-state index contributed by atoms with van der Waals surface area (Å²) in [6.45, 7) is 4.74. The summed E-state index contributed by atoms with van der Waals surface area (Å²) in [6.07, 6.45) is 2.26. The molecule has 0 unspecified atom stereocenters. The molecule has 0 bridgehead atoms. The Bertz CT molecular complexity index is 2320. The zero-order chi connectivity index (χ0) is 33.9. The van der Waals surface area contributed by atoms with Gasteiger partial charge >= 0.3 is 11.9 Å². The number of hydrogen-bond donors (Lipinski definition) is 4. The summed E-state index contributed by atoms with van der Waals surface area (Å²) in [5, 5.41) is 29.4. The number of rotatable bonds is 10. The molecule has 240 valence electrons. The van der Waals surface area contributed by atoms with Gasteiger partial charge in [0.1, 0.15) is 0 Å². The minimum Gasteiger partial charge on any atom is -0.478 e. The van der Waals surface area contributed by atoms with Crippen LogP contribution in [0, 0.1) is 13.8 Å². The van der Waals surface area contributed by atoms with E-state index in [1.807, 2.05) is 50.2 Å². The van der Waals surface area contributed by atoms with E-state index < -0.39 is 23.8 Å². The van der Waals surface area contributed by atoms with Crippen molar-refractivity contribution >= 4 is 62.1 Å². The minimum absolute atomic E-state index is 0.0155. The standard InChI is InChI=1S/C40H34N2O6/c1-23-5-3-7-25(19-23)15-17-41-38(45)30-13-11-28-29-12-14-32(40(47)48)37-31(39(46)42-18-16-26-8-4-6-24(2)20-26)10-9-27(36(29)37)21-33(28)34(30)22-35(43)44/h3-14,19-22H,15-18H2,1-2H3,(H,41,45)(H,42,46)(H,43,44)(H,47,48)/b34-22+. The number of nitrogens with one attached hydrogen (secondary N) is 2. The Morgan fingerprint density at radius 3 is 1.75 bits per heavy atom. The van der Waals surface area contributed by atoms with E-state index in [0.29, 0.717) is 58.2 Å². The van der Waals surface area contributed by atoms with Gasteiger partial charge in [-0.25, -0.2) is 9.59 Å². The number of aromatic carboxylic acids is 1. The summed E-state index contributed by atoms with van der Waals surface area (Å²) in [5.74, 6) is -3.17. The summed E-state index contributed by atoms with van der Waals surface area (Å²) < 4.78 is 0. The van der Waals surface area contributed by atoms with Crippen LogP contribution in [0.15, 0.2) is 91.0 Å². The predicted molar refractivity (Wildman–Crippen MR) is 188 cm³/mol. The SMILES string of the molecule is Cc1cccc(CCNC(=O)c2ccc3c(cc4ccc(C(=O)NCCc5cccc(C)c5)c5c(C(=O)O)ccc3c45)/c2=C/C(=O)O)c1. The highest BCUT2D eigenvalue weighted by Gasteiger charge is 2.22. The van der Waals surface area contributed by atoms with E-state index in [-0.39, 0.29) is 21.9 Å². The number of carbonyl (C=O) groups excluding carboxylic acids is 2. The van der Waals surface area contributed by atoms with Crippen molar-refractivity contribution in [1.82, 2.24) is 10.6 Å². The van der Waals surface area contributed by atoms with Gasteiger partial charge in [0, 0.05) is 40.9 Å². The van der Waals surface area contributed by atoms with Gasteiger partial charge in [0.25, 0.3) is 11.8 Å². The number of aliphatic carboxylic acids is 1. The molecule has 8 heteroatoms. The second-order valence-corrected chi connectivity index (χ2v) is 12.0. The van der Waals surface area contributed by atoms with Crippen molar-refractivity contribution in [2.24, 2.45) is 0 Å². The molecule has 6 aromatic rings. The highest BCUT2D eigenvalue weighted by atomic mass is 16.4. The number of carboxylic acids is 2. The Kier molecular flexibility index (Phi) is 8.90. The van der Waals surface area contributed by atoms with Crippen LogP contribution in [0.2, 0.25) is 0 Å². The van der Waals surface area contributed by atoms with Crippen LogP contribution >= 0.6 is 0 Å². The van der Waals surface area contributed by atoms with Crippen LogP contribution in [-0.2, 0) is 17.6 Å². The van der Waals surface area contributed by atoms with Gasteiger partial charge in [-0.2, -0.15) is 0 Å². The third-order valence-corrected chi connectivity index (χ3v) is 8.62. The number of hydrogen-bond acceptors (Lipinski definition) is 4. The molecule has 0 aliphatic heterocycles. The van der Waals surface area contributed by atoms with E-state index in [0.717, 1.165) is 28.3 Å². The van der Waals surface area contributed by atoms with Gasteiger partial charge in [-0.05, 0) is 89.0 Å². The molecule has 0 aromatic heterocycles. The van der Waals surface area contributed by atoms with E-state index in [1.165, 1.54) is 6.07 Å². The molecule has 48 heavy (non-hydrogen) atoms. The molecule has 6 rings (SSSR count). The molecular weight excluding hydrogens is 604 g/mol. The lowest BCUT2D eigenvalue weighted by atomic mass is 9.88. The van der Waals surface area contributed by atoms with Gasteiger partial charge in [-0.3, -0.25) is 9.59 Å². The molecule has 0 saturated carbocycles. The van der Waals surface area contributed by atoms with Gasteiger partial charge < -0.3 is 20.8 Å². The molecule has 0 fully saturated rings. The molecule has 0 spiro atoms. The third kappa shape index (κ3) is 6.46. The van der Waals surface area contributed by atoms with Crippen molar-refractivity contribution in [2.75, 3.05) is 13.1 Å². The molecular formula is C40H34N2O6. The second-order valence-electron chi connectivity index (χ2n) is 12.0. The number of carbonyl (C=O) groups is 4. The first-order valence-electron chi connectivity index (χ1n) is 15.7. The van der Waals surface area contributed by atoms with Gasteiger partial charge in [-0.15, -0.1) is 0 Å². The van der Waals surface area contributed by atoms with Gasteiger partial charge in [-0.1, -0.05) is 77.9 Å². The van der Waals surface area contributed by atoms with E-state index in [2.05, 4.69) is 22.8 Å². The fourth-order valence-corrected chi connectivity index (χ4v) is 6.46. The van der Waals surface area contributed by atoms with Crippen LogP contribution < -0.4 is 15.9 Å². The predicted octanol–water partition coefficient (Wildman–Crippen LogP) is 5.99. The quantitative estimate of drug-likeness (QED) is 0.108. The maximum atomic E-state index is 13.5. The fraction of sp³-hybridized carbons (Fsp3) is 0.150. The largest absolute Gasteiger partial charge is 0.478 e. The Labute approximate surface area is 276 Å². The molecule has 2 amide bonds. The Balaban J connectivity index is 1.41. The monoisotopic (exact) mass is 638 g/mol. The number of amides is 2. The van der Waals surface area contributed by atoms with Crippen LogP contribution in [0.4, 0.5) is 0 Å². The minimum atomic E-state index is -1.21. The van der Waals surface area contributed by atoms with Crippen LogP contribution in [0.3, 0.4) is 0 Å². The summed E-state index contributed by atoms with van der Waals surface area (Å²) in [5.41, 5.74) is 4.84. The lowest BCUT2D eigenvalue weighted by Crippen LogP contribution is -2.31. The third-order valence-electron chi connectivity index (χ3n) is 8.62. The summed E-state index contributed by atoms with van der Waals surface area (Å²) >= 11 is 0. The van der Waals surface area contributed by atoms with Crippen molar-refractivity contribution in [3.8, 4) is 0 Å². The van der Waals surface area contributed by atoms with Crippen molar-refractivity contribution < 1.29 is 29.4 Å². The number of aryl methyl sites for hydroxylation is 2. The molecule has 8 nitrogen and oxygen atoms in total. The van der Waals surface area contributed by atoms with Crippen molar-refractivity contribution in [3.05, 3.63) is 135 Å². The summed E-state index contributed by atoms with van der Waals surface area (Å²) in [4.78, 5) is 51.4. The van der Waals surface area contributed by atoms with Gasteiger partial charge in [0.15, 0.2) is 0 Å². The normalized spacial score (nSPS) is 11.7. The Morgan fingerprint density at radius 1 is 0.604 bits per heavy atom. The van der Waals surface area contributed by atoms with Crippen molar-refractivity contribution in [3.63, 3.8) is 0 Å². The maximum absolute atomic E-state index is 13.5. The first-order valence-corrected chi connectivity index (χ1v) is 15.7. The lowest BCUT2D eigenvalue weighted by Gasteiger charge is -2.16. The van der Waals surface area contributed by atoms with E-state index in [9.17, 15) is 29.4 Å². The summed E-state index contributed by atoms with van der Waals surface area (Å²) in [7, 11) is 0. The average molecular weight is 639 g/mol. The molecule has 4 N–H and O–H groups in total. The molecule has 6 aromatic carbocycles. The fourth-order valence-electron chi connectivity index (χ4n) is 6.46. The van der Waals surface area contributed by atoms with Crippen LogP contribution in [0.25, 0.3) is 38.4 Å². The smallest absolute Gasteiger partial charge is 0.336 e. The highest BCUT2D eigenvalue weighted by Crippen LogP contribution is 2.36. The zero-order valence-corrected chi connectivity index (χ0v) is 26.6. The van der Waals surface area contributed by atoms with Gasteiger partial charge in [0.05, 0.1) is 5.56 Å². The van der Waals surface area contributed by atoms with Crippen LogP contribution in [0.5, 0.6) is 0 Å². The van der Waals surface area contributed by atoms with Crippen molar-refractivity contribution in [1.29, 1.82) is 0 Å². The van der Waals surface area contributed by atoms with Crippen LogP contribution in [-0.4, -0.2) is 47.1 Å². The van der Waals surface area contributed by atoms with E-state index in [4.69, 9.17) is 0 Å². The first-order chi connectivity index (χ1) is 23.1. The van der Waals surface area contributed by atoms with E-state index >= 15 is 0 Å². The highest BCUT2D eigenvalue weighted by molar-refractivity contribution is 6.28. The summed E-state index contributed by atoms with van der Waals surface area (Å²) in [6, 6.07) is 27.6. The number of carboxylic acid groups (broad SMARTS) is 2. The maximum Gasteiger partial charge on any atom is 0.336 e. The lowest BCUT2D eigenvalue weighted by molar-refractivity contribution is -0.129.